The van der Waals surface area contributed by atoms with Gasteiger partial charge in [-0.1, -0.05) is 38.1 Å². The zero-order valence-corrected chi connectivity index (χ0v) is 18.0. The number of rotatable bonds is 11. The molecule has 0 aliphatic carbocycles. The highest BCUT2D eigenvalue weighted by Crippen LogP contribution is 2.32. The van der Waals surface area contributed by atoms with Gasteiger partial charge in [0.2, 0.25) is 0 Å². The summed E-state index contributed by atoms with van der Waals surface area (Å²) in [7, 11) is 0. The molecular weight excluding hydrogens is 392 g/mol. The van der Waals surface area contributed by atoms with Crippen LogP contribution in [0.5, 0.6) is 11.5 Å². The molecule has 1 heterocycles. The van der Waals surface area contributed by atoms with Gasteiger partial charge in [0, 0.05) is 18.3 Å². The van der Waals surface area contributed by atoms with Crippen LogP contribution in [0.3, 0.4) is 0 Å². The van der Waals surface area contributed by atoms with Crippen molar-refractivity contribution in [3.63, 3.8) is 0 Å². The standard InChI is InChI=1S/C25H28N2O4/c1-4-14-27-24(28)22(18-10-12-20(13-11-18)30-15-5-2)23(25(27)29)26-19-8-7-9-21(17-19)31-16-6-3/h4,7-13,17,26H,1,5-6,14-16H2,2-3H3. The monoisotopic (exact) mass is 420 g/mol. The van der Waals surface area contributed by atoms with E-state index < -0.39 is 0 Å². The van der Waals surface area contributed by atoms with Gasteiger partial charge in [-0.25, -0.2) is 0 Å². The second-order valence-electron chi connectivity index (χ2n) is 7.13. The first-order valence-electron chi connectivity index (χ1n) is 10.5. The number of nitrogens with zero attached hydrogens (tertiary/aromatic N) is 1. The summed E-state index contributed by atoms with van der Waals surface area (Å²) in [5.41, 5.74) is 1.88. The molecule has 0 spiro atoms. The van der Waals surface area contributed by atoms with Crippen LogP contribution in [0.1, 0.15) is 32.3 Å². The van der Waals surface area contributed by atoms with Crippen LogP contribution in [-0.2, 0) is 9.59 Å². The van der Waals surface area contributed by atoms with E-state index in [9.17, 15) is 9.59 Å². The van der Waals surface area contributed by atoms with Crippen molar-refractivity contribution in [2.45, 2.75) is 26.7 Å². The fraction of sp³-hybridized carbons (Fsp3) is 0.280. The molecule has 0 aromatic heterocycles. The first-order chi connectivity index (χ1) is 15.1. The van der Waals surface area contributed by atoms with Crippen molar-refractivity contribution < 1.29 is 19.1 Å². The van der Waals surface area contributed by atoms with E-state index in [1.807, 2.05) is 50.2 Å². The van der Waals surface area contributed by atoms with E-state index in [0.717, 1.165) is 18.6 Å². The van der Waals surface area contributed by atoms with E-state index in [4.69, 9.17) is 9.47 Å². The van der Waals surface area contributed by atoms with Crippen LogP contribution >= 0.6 is 0 Å². The Hall–Kier alpha value is -3.54. The second-order valence-corrected chi connectivity index (χ2v) is 7.13. The number of amides is 2. The highest BCUT2D eigenvalue weighted by molar-refractivity contribution is 6.36. The summed E-state index contributed by atoms with van der Waals surface area (Å²) < 4.78 is 11.3. The normalized spacial score (nSPS) is 13.5. The fourth-order valence-electron chi connectivity index (χ4n) is 3.22. The van der Waals surface area contributed by atoms with E-state index in [1.54, 1.807) is 12.1 Å². The van der Waals surface area contributed by atoms with E-state index >= 15 is 0 Å². The number of carbonyl (C=O) groups is 2. The molecule has 1 aliphatic heterocycles. The van der Waals surface area contributed by atoms with E-state index in [1.165, 1.54) is 11.0 Å². The summed E-state index contributed by atoms with van der Waals surface area (Å²) >= 11 is 0. The molecule has 31 heavy (non-hydrogen) atoms. The summed E-state index contributed by atoms with van der Waals surface area (Å²) in [6, 6.07) is 14.6. The Morgan fingerprint density at radius 3 is 2.26 bits per heavy atom. The lowest BCUT2D eigenvalue weighted by Crippen LogP contribution is -2.32. The van der Waals surface area contributed by atoms with Gasteiger partial charge >= 0.3 is 0 Å². The lowest BCUT2D eigenvalue weighted by atomic mass is 10.0. The van der Waals surface area contributed by atoms with Gasteiger partial charge < -0.3 is 14.8 Å². The van der Waals surface area contributed by atoms with Gasteiger partial charge in [0.1, 0.15) is 17.2 Å². The van der Waals surface area contributed by atoms with E-state index in [2.05, 4.69) is 11.9 Å². The maximum absolute atomic E-state index is 13.1. The zero-order valence-electron chi connectivity index (χ0n) is 18.0. The van der Waals surface area contributed by atoms with Gasteiger partial charge in [0.05, 0.1) is 18.8 Å². The van der Waals surface area contributed by atoms with Crippen LogP contribution in [-0.4, -0.2) is 36.5 Å². The second kappa shape index (κ2) is 10.5. The molecule has 0 fully saturated rings. The smallest absolute Gasteiger partial charge is 0.278 e. The fourth-order valence-corrected chi connectivity index (χ4v) is 3.22. The molecular formula is C25H28N2O4. The largest absolute Gasteiger partial charge is 0.494 e. The minimum absolute atomic E-state index is 0.143. The third kappa shape index (κ3) is 5.15. The summed E-state index contributed by atoms with van der Waals surface area (Å²) in [4.78, 5) is 27.3. The first-order valence-corrected chi connectivity index (χ1v) is 10.5. The molecule has 1 aliphatic rings. The average Bonchev–Trinajstić information content (AvgIpc) is 3.01. The zero-order chi connectivity index (χ0) is 22.2. The van der Waals surface area contributed by atoms with Crippen LogP contribution in [0.25, 0.3) is 5.57 Å². The van der Waals surface area contributed by atoms with Crippen molar-refractivity contribution in [3.05, 3.63) is 72.4 Å². The number of hydrogen-bond donors (Lipinski definition) is 1. The molecule has 2 aromatic rings. The Kier molecular flexibility index (Phi) is 7.49. The van der Waals surface area contributed by atoms with Crippen LogP contribution < -0.4 is 14.8 Å². The molecule has 2 aromatic carbocycles. The summed E-state index contributed by atoms with van der Waals surface area (Å²) in [6.07, 6.45) is 3.34. The summed E-state index contributed by atoms with van der Waals surface area (Å²) in [6.45, 7) is 9.11. The van der Waals surface area contributed by atoms with E-state index in [-0.39, 0.29) is 24.1 Å². The lowest BCUT2D eigenvalue weighted by Gasteiger charge is -2.13. The van der Waals surface area contributed by atoms with Gasteiger partial charge in [-0.2, -0.15) is 0 Å². The van der Waals surface area contributed by atoms with Crippen molar-refractivity contribution in [2.75, 3.05) is 25.1 Å². The van der Waals surface area contributed by atoms with Crippen molar-refractivity contribution in [1.29, 1.82) is 0 Å². The number of benzene rings is 2. The number of imide groups is 1. The molecule has 0 radical (unpaired) electrons. The molecule has 0 saturated heterocycles. The highest BCUT2D eigenvalue weighted by Gasteiger charge is 2.38. The molecule has 6 nitrogen and oxygen atoms in total. The molecule has 3 rings (SSSR count). The first kappa shape index (κ1) is 22.2. The maximum atomic E-state index is 13.1. The molecule has 0 atom stereocenters. The van der Waals surface area contributed by atoms with Gasteiger partial charge in [-0.15, -0.1) is 6.58 Å². The summed E-state index contributed by atoms with van der Waals surface area (Å²) in [5, 5.41) is 3.15. The van der Waals surface area contributed by atoms with Crippen molar-refractivity contribution in [3.8, 4) is 11.5 Å². The predicted octanol–water partition coefficient (Wildman–Crippen LogP) is 4.64. The Morgan fingerprint density at radius 1 is 0.935 bits per heavy atom. The van der Waals surface area contributed by atoms with Crippen molar-refractivity contribution in [1.82, 2.24) is 4.90 Å². The molecule has 0 unspecified atom stereocenters. The van der Waals surface area contributed by atoms with Crippen LogP contribution in [0, 0.1) is 0 Å². The average molecular weight is 421 g/mol. The van der Waals surface area contributed by atoms with Crippen LogP contribution in [0.15, 0.2) is 66.9 Å². The third-order valence-corrected chi connectivity index (χ3v) is 4.67. The molecule has 0 saturated carbocycles. The van der Waals surface area contributed by atoms with E-state index in [0.29, 0.717) is 35.8 Å². The number of carbonyl (C=O) groups excluding carboxylic acids is 2. The quantitative estimate of drug-likeness (QED) is 0.424. The lowest BCUT2D eigenvalue weighted by molar-refractivity contribution is -0.136. The number of nitrogens with one attached hydrogen (secondary N) is 1. The van der Waals surface area contributed by atoms with Gasteiger partial charge in [0.15, 0.2) is 0 Å². The molecule has 1 N–H and O–H groups in total. The Bertz CT molecular complexity index is 979. The molecule has 162 valence electrons. The van der Waals surface area contributed by atoms with Gasteiger partial charge in [0.25, 0.3) is 11.8 Å². The topological polar surface area (TPSA) is 67.9 Å². The van der Waals surface area contributed by atoms with Crippen molar-refractivity contribution in [2.24, 2.45) is 0 Å². The predicted molar refractivity (Wildman–Crippen MR) is 122 cm³/mol. The Labute approximate surface area is 183 Å². The van der Waals surface area contributed by atoms with Gasteiger partial charge in [-0.3, -0.25) is 14.5 Å². The molecule has 0 bridgehead atoms. The maximum Gasteiger partial charge on any atom is 0.278 e. The van der Waals surface area contributed by atoms with Crippen LogP contribution in [0.4, 0.5) is 5.69 Å². The van der Waals surface area contributed by atoms with Gasteiger partial charge in [-0.05, 0) is 42.7 Å². The minimum Gasteiger partial charge on any atom is -0.494 e. The number of hydrogen-bond acceptors (Lipinski definition) is 5. The SMILES string of the molecule is C=CCN1C(=O)C(Nc2cccc(OCCC)c2)=C(c2ccc(OCCC)cc2)C1=O. The molecule has 6 heteroatoms. The summed E-state index contributed by atoms with van der Waals surface area (Å²) in [5.74, 6) is 0.687. The molecule has 2 amide bonds. The highest BCUT2D eigenvalue weighted by atomic mass is 16.5. The number of ether oxygens (including phenoxy) is 2. The van der Waals surface area contributed by atoms with Crippen LogP contribution in [0.2, 0.25) is 0 Å². The Morgan fingerprint density at radius 2 is 1.61 bits per heavy atom. The third-order valence-electron chi connectivity index (χ3n) is 4.67. The number of anilines is 1. The minimum atomic E-state index is -0.383. The Balaban J connectivity index is 1.95. The van der Waals surface area contributed by atoms with Crippen molar-refractivity contribution >= 4 is 23.1 Å².